The van der Waals surface area contributed by atoms with Crippen LogP contribution in [0.15, 0.2) is 0 Å². The van der Waals surface area contributed by atoms with E-state index in [1.165, 1.54) is 19.3 Å². The number of hydrogen-bond donors (Lipinski definition) is 2. The summed E-state index contributed by atoms with van der Waals surface area (Å²) >= 11 is 0. The Morgan fingerprint density at radius 3 is 2.31 bits per heavy atom. The number of piperidine rings is 1. The smallest absolute Gasteiger partial charge is 0.237 e. The van der Waals surface area contributed by atoms with Crippen molar-refractivity contribution >= 4 is 5.91 Å². The molecular weight excluding hydrogens is 204 g/mol. The quantitative estimate of drug-likeness (QED) is 0.740. The van der Waals surface area contributed by atoms with Crippen molar-refractivity contribution in [3.63, 3.8) is 0 Å². The number of nitrogens with one attached hydrogen (secondary N) is 1. The minimum Gasteiger partial charge on any atom is -0.393 e. The second-order valence-corrected chi connectivity index (χ2v) is 5.03. The van der Waals surface area contributed by atoms with Gasteiger partial charge in [0.2, 0.25) is 5.91 Å². The summed E-state index contributed by atoms with van der Waals surface area (Å²) < 4.78 is 0. The molecule has 0 atom stereocenters. The average molecular weight is 226 g/mol. The van der Waals surface area contributed by atoms with Crippen molar-refractivity contribution in [1.29, 1.82) is 0 Å². The molecule has 4 heteroatoms. The topological polar surface area (TPSA) is 52.6 Å². The highest BCUT2D eigenvalue weighted by molar-refractivity contribution is 5.78. The molecule has 16 heavy (non-hydrogen) atoms. The van der Waals surface area contributed by atoms with Crippen LogP contribution in [0.25, 0.3) is 0 Å². The minimum atomic E-state index is -0.181. The third kappa shape index (κ3) is 3.19. The third-order valence-corrected chi connectivity index (χ3v) is 3.69. The molecule has 4 nitrogen and oxygen atoms in total. The standard InChI is InChI=1S/C12H22N2O2/c15-11-6-4-10(5-7-11)12(16)13-14-8-2-1-3-9-14/h10-11,15H,1-9H2,(H,13,16). The van der Waals surface area contributed by atoms with Gasteiger partial charge in [-0.3, -0.25) is 10.2 Å². The van der Waals surface area contributed by atoms with Gasteiger partial charge >= 0.3 is 0 Å². The summed E-state index contributed by atoms with van der Waals surface area (Å²) in [6.07, 6.45) is 6.69. The fourth-order valence-electron chi connectivity index (χ4n) is 2.59. The number of aliphatic hydroxyl groups excluding tert-OH is 1. The second-order valence-electron chi connectivity index (χ2n) is 5.03. The highest BCUT2D eigenvalue weighted by Crippen LogP contribution is 2.24. The van der Waals surface area contributed by atoms with Crippen LogP contribution in [0.1, 0.15) is 44.9 Å². The van der Waals surface area contributed by atoms with Gasteiger partial charge in [0.05, 0.1) is 6.10 Å². The molecule has 1 heterocycles. The normalized spacial score (nSPS) is 32.3. The Bertz CT molecular complexity index is 231. The van der Waals surface area contributed by atoms with Crippen LogP contribution in [0.4, 0.5) is 0 Å². The first-order valence-electron chi connectivity index (χ1n) is 6.49. The number of carbonyl (C=O) groups excluding carboxylic acids is 1. The van der Waals surface area contributed by atoms with Crippen LogP contribution in [0.3, 0.4) is 0 Å². The first-order chi connectivity index (χ1) is 7.75. The fourth-order valence-corrected chi connectivity index (χ4v) is 2.59. The Labute approximate surface area is 97.0 Å². The number of aliphatic hydroxyl groups is 1. The van der Waals surface area contributed by atoms with Crippen molar-refractivity contribution in [2.24, 2.45) is 5.92 Å². The van der Waals surface area contributed by atoms with Crippen LogP contribution in [-0.4, -0.2) is 35.2 Å². The molecule has 2 N–H and O–H groups in total. The van der Waals surface area contributed by atoms with E-state index in [4.69, 9.17) is 0 Å². The van der Waals surface area contributed by atoms with Gasteiger partial charge < -0.3 is 5.11 Å². The van der Waals surface area contributed by atoms with E-state index in [-0.39, 0.29) is 17.9 Å². The van der Waals surface area contributed by atoms with Gasteiger partial charge in [-0.2, -0.15) is 0 Å². The fraction of sp³-hybridized carbons (Fsp3) is 0.917. The second kappa shape index (κ2) is 5.64. The Hall–Kier alpha value is -0.610. The Kier molecular flexibility index (Phi) is 4.18. The lowest BCUT2D eigenvalue weighted by Gasteiger charge is -2.30. The zero-order chi connectivity index (χ0) is 11.4. The Morgan fingerprint density at radius 1 is 1.06 bits per heavy atom. The van der Waals surface area contributed by atoms with Gasteiger partial charge in [0.25, 0.3) is 0 Å². The van der Waals surface area contributed by atoms with E-state index < -0.39 is 0 Å². The van der Waals surface area contributed by atoms with Crippen LogP contribution >= 0.6 is 0 Å². The molecule has 1 aliphatic carbocycles. The van der Waals surface area contributed by atoms with Crippen molar-refractivity contribution < 1.29 is 9.90 Å². The van der Waals surface area contributed by atoms with E-state index in [1.807, 2.05) is 0 Å². The summed E-state index contributed by atoms with van der Waals surface area (Å²) in [7, 11) is 0. The monoisotopic (exact) mass is 226 g/mol. The molecule has 1 saturated heterocycles. The molecule has 2 fully saturated rings. The van der Waals surface area contributed by atoms with Gasteiger partial charge in [-0.05, 0) is 38.5 Å². The lowest BCUT2D eigenvalue weighted by atomic mass is 9.87. The van der Waals surface area contributed by atoms with Crippen molar-refractivity contribution in [2.75, 3.05) is 13.1 Å². The Morgan fingerprint density at radius 2 is 1.69 bits per heavy atom. The molecule has 0 aromatic carbocycles. The van der Waals surface area contributed by atoms with Gasteiger partial charge in [-0.1, -0.05) is 6.42 Å². The predicted octanol–water partition coefficient (Wildman–Crippen LogP) is 1.05. The van der Waals surface area contributed by atoms with E-state index in [9.17, 15) is 9.90 Å². The maximum Gasteiger partial charge on any atom is 0.237 e. The van der Waals surface area contributed by atoms with E-state index in [1.54, 1.807) is 0 Å². The van der Waals surface area contributed by atoms with E-state index in [0.717, 1.165) is 38.8 Å². The maximum absolute atomic E-state index is 11.9. The van der Waals surface area contributed by atoms with E-state index >= 15 is 0 Å². The average Bonchev–Trinajstić information content (AvgIpc) is 2.31. The number of nitrogens with zero attached hydrogens (tertiary/aromatic N) is 1. The van der Waals surface area contributed by atoms with Crippen molar-refractivity contribution in [3.8, 4) is 0 Å². The summed E-state index contributed by atoms with van der Waals surface area (Å²) in [6.45, 7) is 1.97. The summed E-state index contributed by atoms with van der Waals surface area (Å²) in [5.41, 5.74) is 3.02. The highest BCUT2D eigenvalue weighted by atomic mass is 16.3. The largest absolute Gasteiger partial charge is 0.393 e. The zero-order valence-electron chi connectivity index (χ0n) is 9.82. The number of rotatable bonds is 2. The van der Waals surface area contributed by atoms with Gasteiger partial charge in [0.1, 0.15) is 0 Å². The summed E-state index contributed by atoms with van der Waals surface area (Å²) in [5.74, 6) is 0.277. The SMILES string of the molecule is O=C(NN1CCCCC1)C1CCC(O)CC1. The minimum absolute atomic E-state index is 0.116. The van der Waals surface area contributed by atoms with Gasteiger partial charge in [0.15, 0.2) is 0 Å². The molecule has 0 aromatic heterocycles. The van der Waals surface area contributed by atoms with E-state index in [0.29, 0.717) is 0 Å². The molecule has 0 radical (unpaired) electrons. The lowest BCUT2D eigenvalue weighted by Crippen LogP contribution is -2.48. The summed E-state index contributed by atoms with van der Waals surface area (Å²) in [6, 6.07) is 0. The van der Waals surface area contributed by atoms with Gasteiger partial charge in [-0.25, -0.2) is 5.01 Å². The molecular formula is C12H22N2O2. The van der Waals surface area contributed by atoms with Crippen molar-refractivity contribution in [2.45, 2.75) is 51.0 Å². The summed E-state index contributed by atoms with van der Waals surface area (Å²) in [4.78, 5) is 11.9. The first kappa shape index (κ1) is 11.9. The molecule has 2 rings (SSSR count). The number of carbonyl (C=O) groups is 1. The number of hydrogen-bond acceptors (Lipinski definition) is 3. The molecule has 92 valence electrons. The van der Waals surface area contributed by atoms with Crippen LogP contribution < -0.4 is 5.43 Å². The summed E-state index contributed by atoms with van der Waals surface area (Å²) in [5, 5.41) is 11.4. The van der Waals surface area contributed by atoms with E-state index in [2.05, 4.69) is 10.4 Å². The number of hydrazine groups is 1. The molecule has 2 aliphatic rings. The number of amides is 1. The first-order valence-corrected chi connectivity index (χ1v) is 6.49. The molecule has 1 amide bonds. The molecule has 1 aliphatic heterocycles. The predicted molar refractivity (Wildman–Crippen MR) is 61.5 cm³/mol. The molecule has 0 unspecified atom stereocenters. The molecule has 0 aromatic rings. The van der Waals surface area contributed by atoms with Gasteiger partial charge in [0, 0.05) is 19.0 Å². The Balaban J connectivity index is 1.74. The van der Waals surface area contributed by atoms with Crippen LogP contribution in [0.2, 0.25) is 0 Å². The van der Waals surface area contributed by atoms with Gasteiger partial charge in [-0.15, -0.1) is 0 Å². The lowest BCUT2D eigenvalue weighted by molar-refractivity contribution is -0.132. The maximum atomic E-state index is 11.9. The van der Waals surface area contributed by atoms with Crippen molar-refractivity contribution in [1.82, 2.24) is 10.4 Å². The van der Waals surface area contributed by atoms with Crippen LogP contribution in [-0.2, 0) is 4.79 Å². The highest BCUT2D eigenvalue weighted by Gasteiger charge is 2.26. The van der Waals surface area contributed by atoms with Crippen LogP contribution in [0, 0.1) is 5.92 Å². The third-order valence-electron chi connectivity index (χ3n) is 3.69. The molecule has 1 saturated carbocycles. The molecule has 0 spiro atoms. The molecule has 0 bridgehead atoms. The van der Waals surface area contributed by atoms with Crippen LogP contribution in [0.5, 0.6) is 0 Å². The van der Waals surface area contributed by atoms with Crippen molar-refractivity contribution in [3.05, 3.63) is 0 Å². The zero-order valence-corrected chi connectivity index (χ0v) is 9.82.